The average Bonchev–Trinajstić information content (AvgIpc) is 2.50. The van der Waals surface area contributed by atoms with E-state index in [1.54, 1.807) is 0 Å². The molecule has 1 heterocycles. The van der Waals surface area contributed by atoms with Crippen LogP contribution in [0.15, 0.2) is 24.3 Å². The third-order valence-electron chi connectivity index (χ3n) is 3.73. The van der Waals surface area contributed by atoms with Crippen LogP contribution in [-0.4, -0.2) is 49.0 Å². The monoisotopic (exact) mass is 307 g/mol. The Hall–Kier alpha value is -1.04. The fourth-order valence-electron chi connectivity index (χ4n) is 2.44. The molecule has 4 nitrogen and oxygen atoms in total. The van der Waals surface area contributed by atoms with E-state index in [-0.39, 0.29) is 11.8 Å². The highest BCUT2D eigenvalue weighted by Gasteiger charge is 2.16. The summed E-state index contributed by atoms with van der Waals surface area (Å²) in [6.45, 7) is 5.80. The Bertz CT molecular complexity index is 461. The average molecular weight is 307 g/mol. The molecule has 1 aromatic rings. The molecule has 1 atom stereocenters. The minimum Gasteiger partial charge on any atom is -0.326 e. The number of rotatable bonds is 6. The maximum absolute atomic E-state index is 12.2. The van der Waals surface area contributed by atoms with Gasteiger partial charge in [-0.3, -0.25) is 9.69 Å². The van der Waals surface area contributed by atoms with Gasteiger partial charge in [0.05, 0.1) is 0 Å². The predicted octanol–water partition coefficient (Wildman–Crippen LogP) is 2.03. The molecule has 0 saturated carbocycles. The first-order valence-electron chi connectivity index (χ1n) is 7.54. The summed E-state index contributed by atoms with van der Waals surface area (Å²) in [5.41, 5.74) is 2.15. The fourth-order valence-corrected chi connectivity index (χ4v) is 3.41. The molecule has 2 rings (SSSR count). The zero-order valence-corrected chi connectivity index (χ0v) is 13.7. The van der Waals surface area contributed by atoms with E-state index < -0.39 is 0 Å². The van der Waals surface area contributed by atoms with Gasteiger partial charge in [-0.2, -0.15) is 11.8 Å². The second-order valence-corrected chi connectivity index (χ2v) is 6.72. The van der Waals surface area contributed by atoms with E-state index in [0.717, 1.165) is 25.3 Å². The molecule has 1 saturated heterocycles. The molecule has 2 N–H and O–H groups in total. The SMILES string of the molecule is CNCC(C)C(=O)Nc1ccccc1CN1CCSCC1. The van der Waals surface area contributed by atoms with Gasteiger partial charge in [0, 0.05) is 49.3 Å². The van der Waals surface area contributed by atoms with E-state index in [2.05, 4.69) is 21.6 Å². The number of amides is 1. The highest BCUT2D eigenvalue weighted by Crippen LogP contribution is 2.20. The van der Waals surface area contributed by atoms with Crippen LogP contribution in [0.1, 0.15) is 12.5 Å². The molecule has 1 aliphatic heterocycles. The highest BCUT2D eigenvalue weighted by molar-refractivity contribution is 7.99. The van der Waals surface area contributed by atoms with Gasteiger partial charge < -0.3 is 10.6 Å². The van der Waals surface area contributed by atoms with Gasteiger partial charge in [0.15, 0.2) is 0 Å². The number of carbonyl (C=O) groups excluding carboxylic acids is 1. The van der Waals surface area contributed by atoms with Crippen LogP contribution in [0.25, 0.3) is 0 Å². The lowest BCUT2D eigenvalue weighted by Gasteiger charge is -2.27. The zero-order valence-electron chi connectivity index (χ0n) is 12.9. The summed E-state index contributed by atoms with van der Waals surface area (Å²) in [4.78, 5) is 14.6. The molecule has 1 fully saturated rings. The number of hydrogen-bond acceptors (Lipinski definition) is 4. The van der Waals surface area contributed by atoms with Gasteiger partial charge in [0.2, 0.25) is 5.91 Å². The van der Waals surface area contributed by atoms with Gasteiger partial charge >= 0.3 is 0 Å². The number of benzene rings is 1. The number of nitrogens with one attached hydrogen (secondary N) is 2. The molecule has 21 heavy (non-hydrogen) atoms. The molecule has 116 valence electrons. The summed E-state index contributed by atoms with van der Waals surface area (Å²) in [5.74, 6) is 2.45. The van der Waals surface area contributed by atoms with E-state index in [0.29, 0.717) is 6.54 Å². The van der Waals surface area contributed by atoms with Crippen molar-refractivity contribution in [2.24, 2.45) is 5.92 Å². The largest absolute Gasteiger partial charge is 0.326 e. The molecule has 1 aromatic carbocycles. The van der Waals surface area contributed by atoms with Crippen LogP contribution in [0, 0.1) is 5.92 Å². The summed E-state index contributed by atoms with van der Waals surface area (Å²) >= 11 is 2.02. The Morgan fingerprint density at radius 1 is 1.33 bits per heavy atom. The number of para-hydroxylation sites is 1. The smallest absolute Gasteiger partial charge is 0.228 e. The summed E-state index contributed by atoms with van der Waals surface area (Å²) < 4.78 is 0. The van der Waals surface area contributed by atoms with Crippen LogP contribution in [-0.2, 0) is 11.3 Å². The zero-order chi connectivity index (χ0) is 15.1. The van der Waals surface area contributed by atoms with Crippen LogP contribution in [0.5, 0.6) is 0 Å². The molecule has 0 aromatic heterocycles. The summed E-state index contributed by atoms with van der Waals surface area (Å²) in [6.07, 6.45) is 0. The summed E-state index contributed by atoms with van der Waals surface area (Å²) in [6, 6.07) is 8.13. The lowest BCUT2D eigenvalue weighted by Crippen LogP contribution is -2.33. The van der Waals surface area contributed by atoms with Gasteiger partial charge in [-0.15, -0.1) is 0 Å². The van der Waals surface area contributed by atoms with Crippen molar-refractivity contribution in [3.63, 3.8) is 0 Å². The third kappa shape index (κ3) is 5.02. The molecular weight excluding hydrogens is 282 g/mol. The minimum atomic E-state index is -0.0329. The normalized spacial score (nSPS) is 17.4. The molecule has 1 unspecified atom stereocenters. The second kappa shape index (κ2) is 8.41. The Kier molecular flexibility index (Phi) is 6.54. The molecule has 0 aliphatic carbocycles. The van der Waals surface area contributed by atoms with Crippen LogP contribution in [0.4, 0.5) is 5.69 Å². The number of anilines is 1. The van der Waals surface area contributed by atoms with Crippen molar-refractivity contribution in [1.82, 2.24) is 10.2 Å². The maximum Gasteiger partial charge on any atom is 0.228 e. The standard InChI is InChI=1S/C16H25N3OS/c1-13(11-17-2)16(20)18-15-6-4-3-5-14(15)12-19-7-9-21-10-8-19/h3-6,13,17H,7-12H2,1-2H3,(H,18,20). The molecule has 1 amide bonds. The van der Waals surface area contributed by atoms with Crippen molar-refractivity contribution >= 4 is 23.4 Å². The Balaban J connectivity index is 2.00. The lowest BCUT2D eigenvalue weighted by molar-refractivity contribution is -0.119. The Morgan fingerprint density at radius 3 is 2.76 bits per heavy atom. The Morgan fingerprint density at radius 2 is 2.05 bits per heavy atom. The predicted molar refractivity (Wildman–Crippen MR) is 90.8 cm³/mol. The quantitative estimate of drug-likeness (QED) is 0.844. The van der Waals surface area contributed by atoms with Gasteiger partial charge in [-0.25, -0.2) is 0 Å². The molecule has 0 spiro atoms. The first kappa shape index (κ1) is 16.3. The van der Waals surface area contributed by atoms with Crippen LogP contribution in [0.2, 0.25) is 0 Å². The highest BCUT2D eigenvalue weighted by atomic mass is 32.2. The van der Waals surface area contributed by atoms with Crippen LogP contribution >= 0.6 is 11.8 Å². The van der Waals surface area contributed by atoms with Crippen LogP contribution in [0.3, 0.4) is 0 Å². The summed E-state index contributed by atoms with van der Waals surface area (Å²) in [5, 5.41) is 6.12. The first-order chi connectivity index (χ1) is 10.2. The molecule has 5 heteroatoms. The van der Waals surface area contributed by atoms with E-state index >= 15 is 0 Å². The van der Waals surface area contributed by atoms with Crippen LogP contribution < -0.4 is 10.6 Å². The third-order valence-corrected chi connectivity index (χ3v) is 4.67. The van der Waals surface area contributed by atoms with Crippen molar-refractivity contribution in [3.05, 3.63) is 29.8 Å². The van der Waals surface area contributed by atoms with E-state index in [1.165, 1.54) is 17.1 Å². The number of nitrogens with zero attached hydrogens (tertiary/aromatic N) is 1. The van der Waals surface area contributed by atoms with E-state index in [4.69, 9.17) is 0 Å². The van der Waals surface area contributed by atoms with Gasteiger partial charge in [-0.1, -0.05) is 25.1 Å². The number of thioether (sulfide) groups is 1. The van der Waals surface area contributed by atoms with Crippen molar-refractivity contribution in [2.45, 2.75) is 13.5 Å². The molecule has 0 radical (unpaired) electrons. The topological polar surface area (TPSA) is 44.4 Å². The fraction of sp³-hybridized carbons (Fsp3) is 0.562. The van der Waals surface area contributed by atoms with E-state index in [9.17, 15) is 4.79 Å². The maximum atomic E-state index is 12.2. The number of carbonyl (C=O) groups is 1. The summed E-state index contributed by atoms with van der Waals surface area (Å²) in [7, 11) is 1.87. The Labute approximate surface area is 131 Å². The molecular formula is C16H25N3OS. The minimum absolute atomic E-state index is 0.0329. The first-order valence-corrected chi connectivity index (χ1v) is 8.69. The second-order valence-electron chi connectivity index (χ2n) is 5.49. The number of hydrogen-bond donors (Lipinski definition) is 2. The lowest BCUT2D eigenvalue weighted by atomic mass is 10.1. The van der Waals surface area contributed by atoms with Crippen molar-refractivity contribution < 1.29 is 4.79 Å². The van der Waals surface area contributed by atoms with Gasteiger partial charge in [0.25, 0.3) is 0 Å². The van der Waals surface area contributed by atoms with Crippen molar-refractivity contribution in [2.75, 3.05) is 43.5 Å². The van der Waals surface area contributed by atoms with Gasteiger partial charge in [-0.05, 0) is 18.7 Å². The molecule has 1 aliphatic rings. The molecule has 0 bridgehead atoms. The van der Waals surface area contributed by atoms with Gasteiger partial charge in [0.1, 0.15) is 0 Å². The van der Waals surface area contributed by atoms with E-state index in [1.807, 2.05) is 43.9 Å². The van der Waals surface area contributed by atoms with Crippen molar-refractivity contribution in [1.29, 1.82) is 0 Å². The van der Waals surface area contributed by atoms with Crippen molar-refractivity contribution in [3.8, 4) is 0 Å².